The van der Waals surface area contributed by atoms with E-state index in [1.807, 2.05) is 6.07 Å². The zero-order valence-electron chi connectivity index (χ0n) is 13.8. The Balaban J connectivity index is 1.77. The van der Waals surface area contributed by atoms with E-state index in [0.29, 0.717) is 0 Å². The smallest absolute Gasteiger partial charge is 0.161 e. The molecule has 3 rings (SSSR count). The summed E-state index contributed by atoms with van der Waals surface area (Å²) >= 11 is 0. The lowest BCUT2D eigenvalue weighted by Crippen LogP contribution is -2.38. The molecular weight excluding hydrogens is 276 g/mol. The fourth-order valence-corrected chi connectivity index (χ4v) is 3.76. The van der Waals surface area contributed by atoms with Crippen LogP contribution in [0.3, 0.4) is 0 Å². The number of likely N-dealkylation sites (tertiary alicyclic amines) is 1. The van der Waals surface area contributed by atoms with Gasteiger partial charge in [0.2, 0.25) is 0 Å². The summed E-state index contributed by atoms with van der Waals surface area (Å²) in [5.74, 6) is 1.65. The molecule has 22 heavy (non-hydrogen) atoms. The Morgan fingerprint density at radius 3 is 2.64 bits per heavy atom. The van der Waals surface area contributed by atoms with E-state index in [4.69, 9.17) is 15.2 Å². The molecule has 4 nitrogen and oxygen atoms in total. The summed E-state index contributed by atoms with van der Waals surface area (Å²) in [5.41, 5.74) is 7.55. The van der Waals surface area contributed by atoms with Gasteiger partial charge in [-0.1, -0.05) is 18.9 Å². The summed E-state index contributed by atoms with van der Waals surface area (Å²) in [4.78, 5) is 2.32. The second-order valence-electron chi connectivity index (χ2n) is 6.87. The van der Waals surface area contributed by atoms with E-state index >= 15 is 0 Å². The SMILES string of the molecule is COc1cc(C2(N)CCCC2)ccc1OC1CCCN(C)C1. The van der Waals surface area contributed by atoms with Gasteiger partial charge in [-0.2, -0.15) is 0 Å². The van der Waals surface area contributed by atoms with Gasteiger partial charge in [-0.05, 0) is 57.0 Å². The van der Waals surface area contributed by atoms with Crippen molar-refractivity contribution in [1.29, 1.82) is 0 Å². The summed E-state index contributed by atoms with van der Waals surface area (Å²) in [6.45, 7) is 2.14. The molecule has 1 saturated carbocycles. The van der Waals surface area contributed by atoms with Crippen LogP contribution in [0, 0.1) is 0 Å². The molecule has 1 heterocycles. The number of piperidine rings is 1. The third kappa shape index (κ3) is 3.23. The highest BCUT2D eigenvalue weighted by Gasteiger charge is 2.32. The van der Waals surface area contributed by atoms with Gasteiger partial charge in [0.15, 0.2) is 11.5 Å². The Hall–Kier alpha value is -1.26. The van der Waals surface area contributed by atoms with Crippen molar-refractivity contribution in [3.05, 3.63) is 23.8 Å². The first kappa shape index (κ1) is 15.6. The van der Waals surface area contributed by atoms with Crippen LogP contribution in [0.1, 0.15) is 44.1 Å². The number of ether oxygens (including phenoxy) is 2. The van der Waals surface area contributed by atoms with Gasteiger partial charge in [0.25, 0.3) is 0 Å². The molecule has 0 amide bonds. The largest absolute Gasteiger partial charge is 0.493 e. The highest BCUT2D eigenvalue weighted by molar-refractivity contribution is 5.45. The number of hydrogen-bond acceptors (Lipinski definition) is 4. The molecule has 2 N–H and O–H groups in total. The van der Waals surface area contributed by atoms with Gasteiger partial charge in [0.1, 0.15) is 6.10 Å². The van der Waals surface area contributed by atoms with Crippen molar-refractivity contribution in [2.75, 3.05) is 27.2 Å². The molecule has 1 saturated heterocycles. The maximum Gasteiger partial charge on any atom is 0.161 e. The molecule has 4 heteroatoms. The van der Waals surface area contributed by atoms with Crippen molar-refractivity contribution in [1.82, 2.24) is 4.90 Å². The Labute approximate surface area is 133 Å². The van der Waals surface area contributed by atoms with Crippen molar-refractivity contribution >= 4 is 0 Å². The van der Waals surface area contributed by atoms with Crippen LogP contribution in [0.4, 0.5) is 0 Å². The second-order valence-corrected chi connectivity index (χ2v) is 6.87. The summed E-state index contributed by atoms with van der Waals surface area (Å²) in [6.07, 6.45) is 7.09. The van der Waals surface area contributed by atoms with Gasteiger partial charge in [-0.3, -0.25) is 0 Å². The average Bonchev–Trinajstić information content (AvgIpc) is 2.95. The number of likely N-dealkylation sites (N-methyl/N-ethyl adjacent to an activating group) is 1. The fourth-order valence-electron chi connectivity index (χ4n) is 3.76. The first-order chi connectivity index (χ1) is 10.6. The Morgan fingerprint density at radius 1 is 1.18 bits per heavy atom. The number of benzene rings is 1. The highest BCUT2D eigenvalue weighted by Crippen LogP contribution is 2.40. The van der Waals surface area contributed by atoms with Crippen molar-refractivity contribution in [2.24, 2.45) is 5.73 Å². The maximum atomic E-state index is 6.55. The van der Waals surface area contributed by atoms with Crippen LogP contribution < -0.4 is 15.2 Å². The van der Waals surface area contributed by atoms with Crippen molar-refractivity contribution in [3.8, 4) is 11.5 Å². The average molecular weight is 304 g/mol. The fraction of sp³-hybridized carbons (Fsp3) is 0.667. The van der Waals surface area contributed by atoms with Crippen LogP contribution in [0.2, 0.25) is 0 Å². The molecule has 1 aromatic carbocycles. The van der Waals surface area contributed by atoms with Crippen LogP contribution in [0.5, 0.6) is 11.5 Å². The zero-order valence-corrected chi connectivity index (χ0v) is 13.8. The molecule has 1 unspecified atom stereocenters. The van der Waals surface area contributed by atoms with Crippen LogP contribution in [0.15, 0.2) is 18.2 Å². The first-order valence-corrected chi connectivity index (χ1v) is 8.43. The van der Waals surface area contributed by atoms with Crippen LogP contribution >= 0.6 is 0 Å². The number of nitrogens with two attached hydrogens (primary N) is 1. The van der Waals surface area contributed by atoms with E-state index in [2.05, 4.69) is 24.1 Å². The Morgan fingerprint density at radius 2 is 1.95 bits per heavy atom. The maximum absolute atomic E-state index is 6.55. The second kappa shape index (κ2) is 6.47. The quantitative estimate of drug-likeness (QED) is 0.929. The molecule has 1 aliphatic heterocycles. The van der Waals surface area contributed by atoms with Crippen molar-refractivity contribution in [3.63, 3.8) is 0 Å². The third-order valence-electron chi connectivity index (χ3n) is 5.11. The van der Waals surface area contributed by atoms with E-state index in [-0.39, 0.29) is 11.6 Å². The molecule has 0 radical (unpaired) electrons. The summed E-state index contributed by atoms with van der Waals surface area (Å²) in [7, 11) is 3.85. The molecule has 2 aliphatic rings. The van der Waals surface area contributed by atoms with Gasteiger partial charge < -0.3 is 20.1 Å². The Bertz CT molecular complexity index is 512. The minimum atomic E-state index is -0.184. The van der Waals surface area contributed by atoms with Crippen LogP contribution in [-0.2, 0) is 5.54 Å². The van der Waals surface area contributed by atoms with Crippen LogP contribution in [0.25, 0.3) is 0 Å². The van der Waals surface area contributed by atoms with Gasteiger partial charge >= 0.3 is 0 Å². The predicted octanol–water partition coefficient (Wildman–Crippen LogP) is 2.90. The normalized spacial score (nSPS) is 25.1. The first-order valence-electron chi connectivity index (χ1n) is 8.43. The van der Waals surface area contributed by atoms with Crippen LogP contribution in [-0.4, -0.2) is 38.3 Å². The summed E-state index contributed by atoms with van der Waals surface area (Å²) in [5, 5.41) is 0. The lowest BCUT2D eigenvalue weighted by Gasteiger charge is -2.31. The molecule has 0 spiro atoms. The standard InChI is InChI=1S/C18H28N2O2/c1-20-11-5-6-15(13-20)22-16-8-7-14(12-17(16)21-2)18(19)9-3-4-10-18/h7-8,12,15H,3-6,9-11,13,19H2,1-2H3. The van der Waals surface area contributed by atoms with Crippen molar-refractivity contribution in [2.45, 2.75) is 50.2 Å². The lowest BCUT2D eigenvalue weighted by atomic mass is 9.89. The summed E-state index contributed by atoms with van der Waals surface area (Å²) in [6, 6.07) is 6.23. The molecule has 2 fully saturated rings. The highest BCUT2D eigenvalue weighted by atomic mass is 16.5. The van der Waals surface area contributed by atoms with Gasteiger partial charge in [0, 0.05) is 12.1 Å². The third-order valence-corrected chi connectivity index (χ3v) is 5.11. The topological polar surface area (TPSA) is 47.7 Å². The number of rotatable bonds is 4. The van der Waals surface area contributed by atoms with E-state index in [1.165, 1.54) is 24.8 Å². The number of nitrogens with zero attached hydrogens (tertiary/aromatic N) is 1. The monoisotopic (exact) mass is 304 g/mol. The van der Waals surface area contributed by atoms with E-state index in [0.717, 1.165) is 43.9 Å². The van der Waals surface area contributed by atoms with E-state index in [9.17, 15) is 0 Å². The Kier molecular flexibility index (Phi) is 4.59. The van der Waals surface area contributed by atoms with Gasteiger partial charge in [0.05, 0.1) is 7.11 Å². The molecule has 1 atom stereocenters. The van der Waals surface area contributed by atoms with Crippen molar-refractivity contribution < 1.29 is 9.47 Å². The minimum Gasteiger partial charge on any atom is -0.493 e. The molecule has 1 aliphatic carbocycles. The lowest BCUT2D eigenvalue weighted by molar-refractivity contribution is 0.101. The molecular formula is C18H28N2O2. The van der Waals surface area contributed by atoms with Gasteiger partial charge in [-0.15, -0.1) is 0 Å². The minimum absolute atomic E-state index is 0.184. The number of methoxy groups -OCH3 is 1. The van der Waals surface area contributed by atoms with E-state index in [1.54, 1.807) is 7.11 Å². The van der Waals surface area contributed by atoms with E-state index < -0.39 is 0 Å². The summed E-state index contributed by atoms with van der Waals surface area (Å²) < 4.78 is 11.8. The number of hydrogen-bond donors (Lipinski definition) is 1. The molecule has 1 aromatic rings. The molecule has 0 bridgehead atoms. The van der Waals surface area contributed by atoms with Gasteiger partial charge in [-0.25, -0.2) is 0 Å². The molecule has 122 valence electrons. The zero-order chi connectivity index (χ0) is 15.6. The molecule has 0 aromatic heterocycles. The predicted molar refractivity (Wildman–Crippen MR) is 88.5 cm³/mol.